The number of hydrogen-bond acceptors (Lipinski definition) is 3. The van der Waals surface area contributed by atoms with E-state index in [-0.39, 0.29) is 0 Å². The maximum absolute atomic E-state index is 11.7. The summed E-state index contributed by atoms with van der Waals surface area (Å²) in [7, 11) is 0. The zero-order chi connectivity index (χ0) is 14.8. The fraction of sp³-hybridized carbons (Fsp3) is 0.125. The van der Waals surface area contributed by atoms with Gasteiger partial charge in [-0.15, -0.1) is 0 Å². The van der Waals surface area contributed by atoms with Crippen LogP contribution >= 0.6 is 11.6 Å². The molecule has 0 aliphatic carbocycles. The monoisotopic (exact) mass is 300 g/mol. The number of aromatic nitrogens is 2. The lowest BCUT2D eigenvalue weighted by Gasteiger charge is -2.05. The Balaban J connectivity index is 2.11. The van der Waals surface area contributed by atoms with Crippen molar-refractivity contribution < 1.29 is 9.53 Å². The first-order valence-corrected chi connectivity index (χ1v) is 6.98. The van der Waals surface area contributed by atoms with E-state index in [0.717, 1.165) is 16.3 Å². The van der Waals surface area contributed by atoms with Gasteiger partial charge in [-0.25, -0.2) is 4.79 Å². The van der Waals surface area contributed by atoms with Crippen LogP contribution in [0, 0.1) is 0 Å². The fourth-order valence-electron chi connectivity index (χ4n) is 2.28. The number of benzene rings is 2. The summed E-state index contributed by atoms with van der Waals surface area (Å²) in [6, 6.07) is 13.3. The van der Waals surface area contributed by atoms with Crippen molar-refractivity contribution in [2.24, 2.45) is 0 Å². The Bertz CT molecular complexity index is 806. The maximum Gasteiger partial charge on any atom is 0.356 e. The summed E-state index contributed by atoms with van der Waals surface area (Å²) in [4.78, 5) is 11.7. The van der Waals surface area contributed by atoms with Gasteiger partial charge < -0.3 is 4.74 Å². The largest absolute Gasteiger partial charge is 0.461 e. The third-order valence-corrected chi connectivity index (χ3v) is 3.52. The maximum atomic E-state index is 11.7. The quantitative estimate of drug-likeness (QED) is 0.742. The molecule has 4 nitrogen and oxygen atoms in total. The number of carbonyl (C=O) groups excluding carboxylic acids is 1. The second-order valence-electron chi connectivity index (χ2n) is 4.53. The number of aromatic amines is 1. The number of ether oxygens (including phenoxy) is 1. The Kier molecular flexibility index (Phi) is 3.62. The molecule has 1 heterocycles. The number of rotatable bonds is 3. The molecule has 3 aromatic rings. The average Bonchev–Trinajstić information content (AvgIpc) is 2.97. The summed E-state index contributed by atoms with van der Waals surface area (Å²) in [6.45, 7) is 2.09. The Morgan fingerprint density at radius 1 is 1.29 bits per heavy atom. The lowest BCUT2D eigenvalue weighted by atomic mass is 10.0. The lowest BCUT2D eigenvalue weighted by molar-refractivity contribution is 0.0519. The molecular weight excluding hydrogens is 288 g/mol. The lowest BCUT2D eigenvalue weighted by Crippen LogP contribution is -2.04. The minimum absolute atomic E-state index is 0.327. The predicted molar refractivity (Wildman–Crippen MR) is 82.5 cm³/mol. The molecule has 2 aromatic carbocycles. The van der Waals surface area contributed by atoms with Crippen molar-refractivity contribution in [3.05, 3.63) is 53.2 Å². The Hall–Kier alpha value is -2.33. The molecule has 0 spiro atoms. The van der Waals surface area contributed by atoms with Gasteiger partial charge in [0.1, 0.15) is 5.69 Å². The summed E-state index contributed by atoms with van der Waals surface area (Å²) in [6.07, 6.45) is 0. The highest BCUT2D eigenvalue weighted by Gasteiger charge is 2.14. The van der Waals surface area contributed by atoms with Crippen LogP contribution in [-0.4, -0.2) is 22.8 Å². The number of fused-ring (bicyclic) bond motifs is 1. The predicted octanol–water partition coefficient (Wildman–Crippen LogP) is 4.06. The van der Waals surface area contributed by atoms with Crippen molar-refractivity contribution in [1.82, 2.24) is 10.2 Å². The zero-order valence-corrected chi connectivity index (χ0v) is 12.1. The van der Waals surface area contributed by atoms with E-state index in [1.165, 1.54) is 0 Å². The van der Waals surface area contributed by atoms with Gasteiger partial charge in [0.15, 0.2) is 0 Å². The number of esters is 1. The van der Waals surface area contributed by atoms with Crippen LogP contribution in [0.2, 0.25) is 5.02 Å². The number of H-pyrrole nitrogens is 1. The molecule has 0 aliphatic rings. The van der Waals surface area contributed by atoms with Gasteiger partial charge in [0.05, 0.1) is 12.3 Å². The molecule has 0 saturated heterocycles. The molecule has 106 valence electrons. The molecule has 0 aliphatic heterocycles. The highest BCUT2D eigenvalue weighted by Crippen LogP contribution is 2.33. The molecule has 0 unspecified atom stereocenters. The van der Waals surface area contributed by atoms with Crippen molar-refractivity contribution in [2.45, 2.75) is 6.92 Å². The van der Waals surface area contributed by atoms with E-state index in [4.69, 9.17) is 16.3 Å². The Labute approximate surface area is 126 Å². The summed E-state index contributed by atoms with van der Waals surface area (Å²) >= 11 is 6.30. The van der Waals surface area contributed by atoms with Crippen LogP contribution in [0.15, 0.2) is 42.5 Å². The molecule has 1 N–H and O–H groups in total. The molecule has 5 heteroatoms. The number of halogens is 1. The smallest absolute Gasteiger partial charge is 0.356 e. The van der Waals surface area contributed by atoms with Crippen LogP contribution in [-0.2, 0) is 4.74 Å². The molecule has 3 rings (SSSR count). The third kappa shape index (κ3) is 2.50. The van der Waals surface area contributed by atoms with Crippen molar-refractivity contribution in [3.63, 3.8) is 0 Å². The van der Waals surface area contributed by atoms with Gasteiger partial charge in [0.25, 0.3) is 0 Å². The second kappa shape index (κ2) is 5.58. The van der Waals surface area contributed by atoms with E-state index in [0.29, 0.717) is 23.0 Å². The first-order valence-electron chi connectivity index (χ1n) is 6.61. The molecule has 1 aromatic heterocycles. The van der Waals surface area contributed by atoms with Crippen LogP contribution < -0.4 is 0 Å². The molecular formula is C16H13ClN2O2. The van der Waals surface area contributed by atoms with Crippen molar-refractivity contribution >= 4 is 28.3 Å². The van der Waals surface area contributed by atoms with Crippen molar-refractivity contribution in [2.75, 3.05) is 6.61 Å². The highest BCUT2D eigenvalue weighted by atomic mass is 35.5. The van der Waals surface area contributed by atoms with Crippen LogP contribution in [0.5, 0.6) is 0 Å². The van der Waals surface area contributed by atoms with E-state index in [1.54, 1.807) is 13.0 Å². The number of carbonyl (C=O) groups is 1. The van der Waals surface area contributed by atoms with Gasteiger partial charge in [-0.05, 0) is 24.4 Å². The van der Waals surface area contributed by atoms with E-state index in [9.17, 15) is 4.79 Å². The first-order chi connectivity index (χ1) is 10.2. The Morgan fingerprint density at radius 3 is 2.81 bits per heavy atom. The van der Waals surface area contributed by atoms with E-state index in [2.05, 4.69) is 10.2 Å². The third-order valence-electron chi connectivity index (χ3n) is 3.20. The number of nitrogens with one attached hydrogen (secondary N) is 1. The van der Waals surface area contributed by atoms with Gasteiger partial charge in [-0.2, -0.15) is 5.10 Å². The van der Waals surface area contributed by atoms with Gasteiger partial charge in [-0.1, -0.05) is 41.9 Å². The molecule has 0 bridgehead atoms. The topological polar surface area (TPSA) is 55.0 Å². The fourth-order valence-corrected chi connectivity index (χ4v) is 2.57. The average molecular weight is 301 g/mol. The van der Waals surface area contributed by atoms with Crippen LogP contribution in [0.4, 0.5) is 0 Å². The van der Waals surface area contributed by atoms with Gasteiger partial charge >= 0.3 is 5.97 Å². The molecule has 0 fully saturated rings. The number of hydrogen-bond donors (Lipinski definition) is 1. The Morgan fingerprint density at radius 2 is 2.05 bits per heavy atom. The minimum Gasteiger partial charge on any atom is -0.461 e. The van der Waals surface area contributed by atoms with Gasteiger partial charge in [-0.3, -0.25) is 5.10 Å². The van der Waals surface area contributed by atoms with E-state index >= 15 is 0 Å². The highest BCUT2D eigenvalue weighted by molar-refractivity contribution is 6.36. The summed E-state index contributed by atoms with van der Waals surface area (Å²) < 4.78 is 4.95. The molecule has 0 saturated carbocycles. The van der Waals surface area contributed by atoms with Gasteiger partial charge in [0.2, 0.25) is 0 Å². The van der Waals surface area contributed by atoms with Crippen molar-refractivity contribution in [1.29, 1.82) is 0 Å². The molecule has 21 heavy (non-hydrogen) atoms. The van der Waals surface area contributed by atoms with Crippen molar-refractivity contribution in [3.8, 4) is 11.3 Å². The summed E-state index contributed by atoms with van der Waals surface area (Å²) in [5.41, 5.74) is 1.87. The molecule has 0 radical (unpaired) electrons. The molecule has 0 atom stereocenters. The second-order valence-corrected chi connectivity index (χ2v) is 4.94. The zero-order valence-electron chi connectivity index (χ0n) is 11.4. The van der Waals surface area contributed by atoms with Gasteiger partial charge in [0, 0.05) is 16.0 Å². The molecule has 0 amide bonds. The van der Waals surface area contributed by atoms with Crippen LogP contribution in [0.1, 0.15) is 17.4 Å². The standard InChI is InChI=1S/C16H13ClN2O2/c1-2-21-16(20)14-9-13(18-19-14)11-7-3-5-10-6-4-8-12(17)15(10)11/h3-9H,2H2,1H3,(H,18,19). The first kappa shape index (κ1) is 13.6. The van der Waals surface area contributed by atoms with E-state index in [1.807, 2.05) is 36.4 Å². The van der Waals surface area contributed by atoms with E-state index < -0.39 is 5.97 Å². The minimum atomic E-state index is -0.414. The normalized spacial score (nSPS) is 10.8. The SMILES string of the molecule is CCOC(=O)c1cc(-c2cccc3cccc(Cl)c23)n[nH]1. The number of nitrogens with zero attached hydrogens (tertiary/aromatic N) is 1. The van der Waals surface area contributed by atoms with Crippen LogP contribution in [0.3, 0.4) is 0 Å². The summed E-state index contributed by atoms with van der Waals surface area (Å²) in [5, 5.41) is 9.51. The summed E-state index contributed by atoms with van der Waals surface area (Å²) in [5.74, 6) is -0.414. The van der Waals surface area contributed by atoms with Crippen LogP contribution in [0.25, 0.3) is 22.0 Å².